The second kappa shape index (κ2) is 8.49. The van der Waals surface area contributed by atoms with Crippen LogP contribution in [0.15, 0.2) is 73.8 Å². The van der Waals surface area contributed by atoms with Crippen LogP contribution >= 0.6 is 11.8 Å². The van der Waals surface area contributed by atoms with Crippen LogP contribution in [0.5, 0.6) is 11.5 Å². The highest BCUT2D eigenvalue weighted by molar-refractivity contribution is 8.00. The van der Waals surface area contributed by atoms with Crippen LogP contribution in [0, 0.1) is 0 Å². The van der Waals surface area contributed by atoms with Gasteiger partial charge in [-0.3, -0.25) is 0 Å². The molecule has 0 N–H and O–H groups in total. The van der Waals surface area contributed by atoms with Gasteiger partial charge in [-0.15, -0.1) is 24.9 Å². The molecule has 0 aromatic heterocycles. The lowest BCUT2D eigenvalue weighted by Gasteiger charge is -2.19. The molecule has 120 valence electrons. The molecule has 0 aliphatic heterocycles. The van der Waals surface area contributed by atoms with Crippen LogP contribution in [0.4, 0.5) is 0 Å². The summed E-state index contributed by atoms with van der Waals surface area (Å²) in [5.74, 6) is 1.72. The van der Waals surface area contributed by atoms with Crippen LogP contribution in [0.25, 0.3) is 0 Å². The summed E-state index contributed by atoms with van der Waals surface area (Å²) in [6, 6.07) is 16.2. The molecule has 2 aromatic carbocycles. The van der Waals surface area contributed by atoms with E-state index in [-0.39, 0.29) is 10.5 Å². The Bertz CT molecular complexity index is 574. The Morgan fingerprint density at radius 1 is 0.739 bits per heavy atom. The van der Waals surface area contributed by atoms with Crippen molar-refractivity contribution < 1.29 is 9.47 Å². The van der Waals surface area contributed by atoms with E-state index in [1.807, 2.05) is 36.4 Å². The normalized spacial score (nSPS) is 13.0. The van der Waals surface area contributed by atoms with Crippen molar-refractivity contribution in [3.05, 3.63) is 85.0 Å². The monoisotopic (exact) mass is 326 g/mol. The van der Waals surface area contributed by atoms with Crippen LogP contribution in [-0.4, -0.2) is 14.2 Å². The highest BCUT2D eigenvalue weighted by atomic mass is 32.2. The molecular weight excluding hydrogens is 304 g/mol. The van der Waals surface area contributed by atoms with Crippen LogP contribution < -0.4 is 9.47 Å². The number of thioether (sulfide) groups is 1. The molecule has 2 nitrogen and oxygen atoms in total. The van der Waals surface area contributed by atoms with Gasteiger partial charge in [-0.05, 0) is 35.4 Å². The number of hydrogen-bond donors (Lipinski definition) is 0. The van der Waals surface area contributed by atoms with Crippen molar-refractivity contribution >= 4 is 11.8 Å². The molecule has 0 aliphatic carbocycles. The predicted molar refractivity (Wildman–Crippen MR) is 99.5 cm³/mol. The molecule has 2 atom stereocenters. The van der Waals surface area contributed by atoms with E-state index in [1.54, 1.807) is 26.0 Å². The van der Waals surface area contributed by atoms with Gasteiger partial charge in [0, 0.05) is 10.5 Å². The Kier molecular flexibility index (Phi) is 6.36. The largest absolute Gasteiger partial charge is 0.497 e. The first-order valence-electron chi connectivity index (χ1n) is 7.40. The zero-order valence-corrected chi connectivity index (χ0v) is 14.4. The van der Waals surface area contributed by atoms with Crippen molar-refractivity contribution in [1.29, 1.82) is 0 Å². The van der Waals surface area contributed by atoms with Gasteiger partial charge in [0.25, 0.3) is 0 Å². The second-order valence-electron chi connectivity index (χ2n) is 5.00. The first kappa shape index (κ1) is 17.2. The molecule has 0 saturated heterocycles. The molecule has 0 bridgehead atoms. The summed E-state index contributed by atoms with van der Waals surface area (Å²) < 4.78 is 10.4. The summed E-state index contributed by atoms with van der Waals surface area (Å²) in [6.45, 7) is 7.96. The fourth-order valence-corrected chi connectivity index (χ4v) is 3.45. The maximum Gasteiger partial charge on any atom is 0.118 e. The van der Waals surface area contributed by atoms with Gasteiger partial charge in [0.2, 0.25) is 0 Å². The summed E-state index contributed by atoms with van der Waals surface area (Å²) in [4.78, 5) is 0. The van der Waals surface area contributed by atoms with E-state index in [0.29, 0.717) is 0 Å². The summed E-state index contributed by atoms with van der Waals surface area (Å²) in [7, 11) is 3.35. The molecule has 0 heterocycles. The summed E-state index contributed by atoms with van der Waals surface area (Å²) in [5, 5.41) is 0.372. The lowest BCUT2D eigenvalue weighted by Crippen LogP contribution is -1.97. The Balaban J connectivity index is 2.16. The Morgan fingerprint density at radius 3 is 1.35 bits per heavy atom. The number of rotatable bonds is 8. The van der Waals surface area contributed by atoms with Crippen molar-refractivity contribution in [2.75, 3.05) is 14.2 Å². The van der Waals surface area contributed by atoms with Crippen molar-refractivity contribution in [3.63, 3.8) is 0 Å². The van der Waals surface area contributed by atoms with Gasteiger partial charge in [-0.1, -0.05) is 36.4 Å². The average molecular weight is 326 g/mol. The van der Waals surface area contributed by atoms with Crippen molar-refractivity contribution in [2.24, 2.45) is 0 Å². The topological polar surface area (TPSA) is 18.5 Å². The molecule has 23 heavy (non-hydrogen) atoms. The third-order valence-corrected chi connectivity index (χ3v) is 5.13. The Labute approximate surface area is 142 Å². The molecule has 3 heteroatoms. The minimum atomic E-state index is 0.186. The lowest BCUT2D eigenvalue weighted by atomic mass is 10.1. The summed E-state index contributed by atoms with van der Waals surface area (Å²) >= 11 is 1.81. The van der Waals surface area contributed by atoms with E-state index >= 15 is 0 Å². The van der Waals surface area contributed by atoms with Gasteiger partial charge in [0.15, 0.2) is 0 Å². The molecule has 0 saturated carbocycles. The molecule has 2 rings (SSSR count). The fourth-order valence-electron chi connectivity index (χ4n) is 2.29. The van der Waals surface area contributed by atoms with Crippen LogP contribution in [-0.2, 0) is 0 Å². The van der Waals surface area contributed by atoms with Gasteiger partial charge in [0.1, 0.15) is 11.5 Å². The molecule has 2 aromatic rings. The highest BCUT2D eigenvalue weighted by Gasteiger charge is 2.16. The number of methoxy groups -OCH3 is 2. The van der Waals surface area contributed by atoms with E-state index in [9.17, 15) is 0 Å². The lowest BCUT2D eigenvalue weighted by molar-refractivity contribution is 0.414. The second-order valence-corrected chi connectivity index (χ2v) is 6.28. The first-order chi connectivity index (χ1) is 11.2. The first-order valence-corrected chi connectivity index (χ1v) is 8.34. The van der Waals surface area contributed by atoms with E-state index in [1.165, 1.54) is 11.1 Å². The fraction of sp³-hybridized carbons (Fsp3) is 0.200. The maximum atomic E-state index is 5.22. The van der Waals surface area contributed by atoms with Gasteiger partial charge >= 0.3 is 0 Å². The van der Waals surface area contributed by atoms with Gasteiger partial charge < -0.3 is 9.47 Å². The van der Waals surface area contributed by atoms with Gasteiger partial charge in [0.05, 0.1) is 14.2 Å². The third-order valence-electron chi connectivity index (χ3n) is 3.61. The van der Waals surface area contributed by atoms with Crippen LogP contribution in [0.3, 0.4) is 0 Å². The molecule has 0 fully saturated rings. The molecule has 0 radical (unpaired) electrons. The van der Waals surface area contributed by atoms with Crippen molar-refractivity contribution in [1.82, 2.24) is 0 Å². The number of ether oxygens (including phenoxy) is 2. The van der Waals surface area contributed by atoms with Crippen molar-refractivity contribution in [2.45, 2.75) is 10.5 Å². The molecule has 0 spiro atoms. The zero-order chi connectivity index (χ0) is 16.7. The number of benzene rings is 2. The quantitative estimate of drug-likeness (QED) is 0.589. The van der Waals surface area contributed by atoms with Gasteiger partial charge in [-0.2, -0.15) is 0 Å². The molecule has 0 aliphatic rings. The molecular formula is C20H22O2S. The minimum absolute atomic E-state index is 0.186. The van der Waals surface area contributed by atoms with E-state index < -0.39 is 0 Å². The molecule has 0 unspecified atom stereocenters. The zero-order valence-electron chi connectivity index (χ0n) is 13.6. The summed E-state index contributed by atoms with van der Waals surface area (Å²) in [5.41, 5.74) is 2.40. The maximum absolute atomic E-state index is 5.22. The highest BCUT2D eigenvalue weighted by Crippen LogP contribution is 2.42. The smallest absolute Gasteiger partial charge is 0.118 e. The Morgan fingerprint density at radius 2 is 1.09 bits per heavy atom. The van der Waals surface area contributed by atoms with Crippen LogP contribution in [0.2, 0.25) is 0 Å². The van der Waals surface area contributed by atoms with E-state index in [0.717, 1.165) is 11.5 Å². The van der Waals surface area contributed by atoms with E-state index in [2.05, 4.69) is 37.4 Å². The third kappa shape index (κ3) is 4.42. The standard InChI is InChI=1S/C20H22O2S/c1-5-19(15-7-11-17(21-3)12-8-15)23-20(6-2)16-9-13-18(22-4)14-10-16/h5-14,19-20H,1-2H2,3-4H3/t19-,20-/m0/s1. The molecule has 0 amide bonds. The van der Waals surface area contributed by atoms with Crippen molar-refractivity contribution in [3.8, 4) is 11.5 Å². The Hall–Kier alpha value is -2.13. The number of hydrogen-bond acceptors (Lipinski definition) is 3. The van der Waals surface area contributed by atoms with E-state index in [4.69, 9.17) is 9.47 Å². The van der Waals surface area contributed by atoms with Crippen LogP contribution in [0.1, 0.15) is 21.6 Å². The summed E-state index contributed by atoms with van der Waals surface area (Å²) in [6.07, 6.45) is 3.93. The average Bonchev–Trinajstić information content (AvgIpc) is 2.63. The SMILES string of the molecule is C=C[C@H](S[C@@H](C=C)c1ccc(OC)cc1)c1ccc(OC)cc1. The minimum Gasteiger partial charge on any atom is -0.497 e. The van der Waals surface area contributed by atoms with Gasteiger partial charge in [-0.25, -0.2) is 0 Å². The predicted octanol–water partition coefficient (Wildman–Crippen LogP) is 5.59.